The number of hydrogen-bond donors (Lipinski definition) is 1. The molecule has 0 aliphatic carbocycles. The minimum absolute atomic E-state index is 0. The van der Waals surface area contributed by atoms with E-state index in [0.717, 1.165) is 36.8 Å². The molecule has 0 aromatic heterocycles. The highest BCUT2D eigenvalue weighted by Gasteiger charge is 2.17. The van der Waals surface area contributed by atoms with Crippen LogP contribution in [0.3, 0.4) is 0 Å². The molecule has 0 spiro atoms. The van der Waals surface area contributed by atoms with Crippen molar-refractivity contribution in [1.29, 1.82) is 0 Å². The van der Waals surface area contributed by atoms with Gasteiger partial charge in [0.1, 0.15) is 11.5 Å². The predicted octanol–water partition coefficient (Wildman–Crippen LogP) is 1.79. The number of rotatable bonds is 3. The summed E-state index contributed by atoms with van der Waals surface area (Å²) in [6, 6.07) is 5.83. The third-order valence-corrected chi connectivity index (χ3v) is 2.67. The molecule has 1 aromatic carbocycles. The van der Waals surface area contributed by atoms with Gasteiger partial charge in [0.25, 0.3) is 0 Å². The standard InChI is InChI=1S/C12H17NO3.ClH/c1-14-10-5-9(6-11(7-10)15-2)12-8-13-3-4-16-12;/h5-7,12-13H,3-4,8H2,1-2H3;1H. The van der Waals surface area contributed by atoms with Crippen LogP contribution in [-0.4, -0.2) is 33.9 Å². The normalized spacial score (nSPS) is 19.3. The lowest BCUT2D eigenvalue weighted by molar-refractivity contribution is 0.0274. The molecule has 0 saturated carbocycles. The van der Waals surface area contributed by atoms with Crippen LogP contribution in [0.4, 0.5) is 0 Å². The molecule has 1 heterocycles. The third kappa shape index (κ3) is 3.49. The molecule has 1 aliphatic heterocycles. The second-order valence-corrected chi connectivity index (χ2v) is 3.71. The summed E-state index contributed by atoms with van der Waals surface area (Å²) in [5.74, 6) is 1.59. The van der Waals surface area contributed by atoms with Gasteiger partial charge >= 0.3 is 0 Å². The summed E-state index contributed by atoms with van der Waals surface area (Å²) in [5.41, 5.74) is 1.09. The van der Waals surface area contributed by atoms with Gasteiger partial charge in [0.15, 0.2) is 0 Å². The van der Waals surface area contributed by atoms with E-state index < -0.39 is 0 Å². The van der Waals surface area contributed by atoms with Crippen molar-refractivity contribution in [3.8, 4) is 11.5 Å². The van der Waals surface area contributed by atoms with Crippen molar-refractivity contribution < 1.29 is 14.2 Å². The summed E-state index contributed by atoms with van der Waals surface area (Å²) in [6.45, 7) is 2.48. The Kier molecular flexibility index (Phi) is 5.55. The lowest BCUT2D eigenvalue weighted by Crippen LogP contribution is -2.33. The molecular formula is C12H18ClNO3. The number of morpholine rings is 1. The number of benzene rings is 1. The van der Waals surface area contributed by atoms with Crippen LogP contribution < -0.4 is 14.8 Å². The third-order valence-electron chi connectivity index (χ3n) is 2.67. The Labute approximate surface area is 108 Å². The Morgan fingerprint density at radius 3 is 2.29 bits per heavy atom. The number of ether oxygens (including phenoxy) is 3. The van der Waals surface area contributed by atoms with Gasteiger partial charge in [0.2, 0.25) is 0 Å². The van der Waals surface area contributed by atoms with Gasteiger partial charge in [-0.1, -0.05) is 0 Å². The van der Waals surface area contributed by atoms with Crippen molar-refractivity contribution in [1.82, 2.24) is 5.32 Å². The average molecular weight is 260 g/mol. The fourth-order valence-corrected chi connectivity index (χ4v) is 1.79. The van der Waals surface area contributed by atoms with Crippen LogP contribution in [-0.2, 0) is 4.74 Å². The fourth-order valence-electron chi connectivity index (χ4n) is 1.79. The van der Waals surface area contributed by atoms with E-state index in [9.17, 15) is 0 Å². The van der Waals surface area contributed by atoms with E-state index in [1.807, 2.05) is 18.2 Å². The van der Waals surface area contributed by atoms with E-state index in [2.05, 4.69) is 5.32 Å². The molecule has 1 atom stereocenters. The first kappa shape index (κ1) is 14.1. The number of hydrogen-bond acceptors (Lipinski definition) is 4. The van der Waals surface area contributed by atoms with Gasteiger partial charge in [0, 0.05) is 19.2 Å². The van der Waals surface area contributed by atoms with Crippen molar-refractivity contribution in [2.45, 2.75) is 6.10 Å². The molecule has 5 heteroatoms. The zero-order chi connectivity index (χ0) is 11.4. The minimum Gasteiger partial charge on any atom is -0.497 e. The highest BCUT2D eigenvalue weighted by molar-refractivity contribution is 5.85. The molecule has 1 aliphatic rings. The Hall–Kier alpha value is -0.970. The molecule has 0 amide bonds. The number of halogens is 1. The Balaban J connectivity index is 0.00000144. The van der Waals surface area contributed by atoms with Gasteiger partial charge in [0.05, 0.1) is 26.9 Å². The number of nitrogens with one attached hydrogen (secondary N) is 1. The minimum atomic E-state index is 0. The average Bonchev–Trinajstić information content (AvgIpc) is 2.39. The molecule has 1 unspecified atom stereocenters. The highest BCUT2D eigenvalue weighted by atomic mass is 35.5. The van der Waals surface area contributed by atoms with Crippen LogP contribution >= 0.6 is 12.4 Å². The molecule has 1 aromatic rings. The molecule has 4 nitrogen and oxygen atoms in total. The van der Waals surface area contributed by atoms with E-state index in [0.29, 0.717) is 0 Å². The van der Waals surface area contributed by atoms with Crippen LogP contribution in [0.15, 0.2) is 18.2 Å². The molecule has 96 valence electrons. The Morgan fingerprint density at radius 2 is 1.82 bits per heavy atom. The molecule has 1 fully saturated rings. The first-order valence-corrected chi connectivity index (χ1v) is 5.39. The van der Waals surface area contributed by atoms with Crippen molar-refractivity contribution in [2.75, 3.05) is 33.9 Å². The SMILES string of the molecule is COc1cc(OC)cc(C2CNCCO2)c1.Cl. The predicted molar refractivity (Wildman–Crippen MR) is 68.4 cm³/mol. The van der Waals surface area contributed by atoms with Crippen molar-refractivity contribution >= 4 is 12.4 Å². The maximum atomic E-state index is 5.69. The summed E-state index contributed by atoms with van der Waals surface area (Å²) in [5, 5.41) is 3.30. The smallest absolute Gasteiger partial charge is 0.122 e. The quantitative estimate of drug-likeness (QED) is 0.898. The van der Waals surface area contributed by atoms with Crippen molar-refractivity contribution in [3.05, 3.63) is 23.8 Å². The van der Waals surface area contributed by atoms with Gasteiger partial charge in [-0.25, -0.2) is 0 Å². The highest BCUT2D eigenvalue weighted by Crippen LogP contribution is 2.28. The zero-order valence-corrected chi connectivity index (χ0v) is 10.9. The first-order valence-electron chi connectivity index (χ1n) is 5.39. The topological polar surface area (TPSA) is 39.7 Å². The first-order chi connectivity index (χ1) is 7.83. The molecule has 0 bridgehead atoms. The van der Waals surface area contributed by atoms with Crippen LogP contribution in [0.25, 0.3) is 0 Å². The van der Waals surface area contributed by atoms with Gasteiger partial charge in [-0.3, -0.25) is 0 Å². The van der Waals surface area contributed by atoms with Crippen LogP contribution in [0, 0.1) is 0 Å². The lowest BCUT2D eigenvalue weighted by atomic mass is 10.1. The van der Waals surface area contributed by atoms with Crippen molar-refractivity contribution in [3.63, 3.8) is 0 Å². The van der Waals surface area contributed by atoms with Gasteiger partial charge in [-0.05, 0) is 17.7 Å². The fraction of sp³-hybridized carbons (Fsp3) is 0.500. The summed E-state index contributed by atoms with van der Waals surface area (Å²) in [7, 11) is 3.30. The van der Waals surface area contributed by atoms with Crippen LogP contribution in [0.5, 0.6) is 11.5 Å². The Bertz CT molecular complexity index is 331. The molecule has 17 heavy (non-hydrogen) atoms. The second kappa shape index (κ2) is 6.69. The molecule has 1 saturated heterocycles. The molecule has 1 N–H and O–H groups in total. The van der Waals surface area contributed by atoms with E-state index >= 15 is 0 Å². The molecule has 2 rings (SSSR count). The summed E-state index contributed by atoms with van der Waals surface area (Å²) in [6.07, 6.45) is 0.0812. The largest absolute Gasteiger partial charge is 0.497 e. The van der Waals surface area contributed by atoms with E-state index in [1.54, 1.807) is 14.2 Å². The maximum absolute atomic E-state index is 5.69. The second-order valence-electron chi connectivity index (χ2n) is 3.71. The summed E-state index contributed by atoms with van der Waals surface area (Å²) in [4.78, 5) is 0. The number of methoxy groups -OCH3 is 2. The molecular weight excluding hydrogens is 242 g/mol. The van der Waals surface area contributed by atoms with Gasteiger partial charge in [-0.2, -0.15) is 0 Å². The van der Waals surface area contributed by atoms with Gasteiger partial charge in [-0.15, -0.1) is 12.4 Å². The molecule has 0 radical (unpaired) electrons. The lowest BCUT2D eigenvalue weighted by Gasteiger charge is -2.24. The van der Waals surface area contributed by atoms with Crippen LogP contribution in [0.2, 0.25) is 0 Å². The van der Waals surface area contributed by atoms with E-state index in [1.165, 1.54) is 0 Å². The van der Waals surface area contributed by atoms with E-state index in [4.69, 9.17) is 14.2 Å². The van der Waals surface area contributed by atoms with E-state index in [-0.39, 0.29) is 18.5 Å². The maximum Gasteiger partial charge on any atom is 0.122 e. The van der Waals surface area contributed by atoms with Crippen molar-refractivity contribution in [2.24, 2.45) is 0 Å². The summed E-state index contributed by atoms with van der Waals surface area (Å²) >= 11 is 0. The summed E-state index contributed by atoms with van der Waals surface area (Å²) < 4.78 is 16.2. The van der Waals surface area contributed by atoms with Crippen LogP contribution in [0.1, 0.15) is 11.7 Å². The Morgan fingerprint density at radius 1 is 1.18 bits per heavy atom. The van der Waals surface area contributed by atoms with Gasteiger partial charge < -0.3 is 19.5 Å². The zero-order valence-electron chi connectivity index (χ0n) is 10.1. The monoisotopic (exact) mass is 259 g/mol.